The smallest absolute Gasteiger partial charge is 0.0250 e. The Hall–Kier alpha value is -0.780. The lowest BCUT2D eigenvalue weighted by Crippen LogP contribution is -2.15. The molecule has 1 aliphatic rings. The van der Waals surface area contributed by atoms with Crippen molar-refractivity contribution in [1.29, 1.82) is 0 Å². The van der Waals surface area contributed by atoms with Crippen molar-refractivity contribution in [3.63, 3.8) is 0 Å². The Bertz CT molecular complexity index is 301. The third-order valence-electron chi connectivity index (χ3n) is 4.19. The van der Waals surface area contributed by atoms with Gasteiger partial charge < -0.3 is 0 Å². The molecule has 0 saturated heterocycles. The van der Waals surface area contributed by atoms with E-state index >= 15 is 0 Å². The van der Waals surface area contributed by atoms with Crippen molar-refractivity contribution in [2.24, 2.45) is 11.8 Å². The van der Waals surface area contributed by atoms with Crippen molar-refractivity contribution in [3.8, 4) is 0 Å². The topological polar surface area (TPSA) is 0 Å². The zero-order valence-electron chi connectivity index (χ0n) is 10.7. The lowest BCUT2D eigenvalue weighted by molar-refractivity contribution is 0.268. The van der Waals surface area contributed by atoms with E-state index in [1.807, 2.05) is 0 Å². The molecule has 0 aromatic heterocycles. The quantitative estimate of drug-likeness (QED) is 0.683. The largest absolute Gasteiger partial charge is 0.0651 e. The molecule has 0 heterocycles. The highest BCUT2D eigenvalue weighted by molar-refractivity contribution is 5.21. The minimum absolute atomic E-state index is 0.950. The third kappa shape index (κ3) is 3.10. The molecule has 0 heteroatoms. The maximum absolute atomic E-state index is 2.34. The van der Waals surface area contributed by atoms with Crippen LogP contribution in [0.1, 0.15) is 50.2 Å². The van der Waals surface area contributed by atoms with Crippen molar-refractivity contribution >= 4 is 0 Å². The van der Waals surface area contributed by atoms with Crippen LogP contribution >= 0.6 is 0 Å². The second kappa shape index (κ2) is 5.52. The molecule has 0 unspecified atom stereocenters. The van der Waals surface area contributed by atoms with E-state index in [0.29, 0.717) is 0 Å². The van der Waals surface area contributed by atoms with E-state index in [1.54, 1.807) is 0 Å². The van der Waals surface area contributed by atoms with Crippen LogP contribution in [0.5, 0.6) is 0 Å². The average Bonchev–Trinajstić information content (AvgIpc) is 2.33. The van der Waals surface area contributed by atoms with Gasteiger partial charge in [0.1, 0.15) is 0 Å². The van der Waals surface area contributed by atoms with Crippen LogP contribution in [-0.2, 0) is 6.42 Å². The fourth-order valence-electron chi connectivity index (χ4n) is 2.90. The van der Waals surface area contributed by atoms with E-state index in [4.69, 9.17) is 0 Å². The van der Waals surface area contributed by atoms with Crippen LogP contribution in [0.4, 0.5) is 0 Å². The summed E-state index contributed by atoms with van der Waals surface area (Å²) in [6.07, 6.45) is 8.52. The van der Waals surface area contributed by atoms with Crippen LogP contribution < -0.4 is 0 Å². The molecule has 16 heavy (non-hydrogen) atoms. The highest BCUT2D eigenvalue weighted by Crippen LogP contribution is 2.32. The van der Waals surface area contributed by atoms with Crippen molar-refractivity contribution < 1.29 is 0 Å². The van der Waals surface area contributed by atoms with Gasteiger partial charge in [-0.2, -0.15) is 0 Å². The van der Waals surface area contributed by atoms with Crippen molar-refractivity contribution in [2.45, 2.75) is 52.4 Å². The van der Waals surface area contributed by atoms with Gasteiger partial charge in [-0.3, -0.25) is 0 Å². The Balaban J connectivity index is 1.84. The van der Waals surface area contributed by atoms with E-state index in [0.717, 1.165) is 11.8 Å². The van der Waals surface area contributed by atoms with Crippen LogP contribution in [0, 0.1) is 18.8 Å². The molecule has 1 aromatic rings. The van der Waals surface area contributed by atoms with Crippen molar-refractivity contribution in [1.82, 2.24) is 0 Å². The molecule has 0 spiro atoms. The SMILES string of the molecule is CCC1CCC(Cc2ccc(C)cc2)CC1. The summed E-state index contributed by atoms with van der Waals surface area (Å²) < 4.78 is 0. The molecule has 1 aliphatic carbocycles. The van der Waals surface area contributed by atoms with E-state index in [9.17, 15) is 0 Å². The van der Waals surface area contributed by atoms with Crippen LogP contribution in [-0.4, -0.2) is 0 Å². The van der Waals surface area contributed by atoms with E-state index in [2.05, 4.69) is 38.1 Å². The molecular weight excluding hydrogens is 192 g/mol. The van der Waals surface area contributed by atoms with E-state index in [-0.39, 0.29) is 0 Å². The van der Waals surface area contributed by atoms with E-state index in [1.165, 1.54) is 49.7 Å². The first-order chi connectivity index (χ1) is 7.78. The Morgan fingerprint density at radius 3 is 2.06 bits per heavy atom. The number of hydrogen-bond acceptors (Lipinski definition) is 0. The molecule has 0 N–H and O–H groups in total. The van der Waals surface area contributed by atoms with Crippen LogP contribution in [0.25, 0.3) is 0 Å². The van der Waals surface area contributed by atoms with Gasteiger partial charge in [0.15, 0.2) is 0 Å². The highest BCUT2D eigenvalue weighted by Gasteiger charge is 2.19. The second-order valence-corrected chi connectivity index (χ2v) is 5.48. The van der Waals surface area contributed by atoms with Crippen molar-refractivity contribution in [3.05, 3.63) is 35.4 Å². The molecule has 0 amide bonds. The van der Waals surface area contributed by atoms with Gasteiger partial charge in [0, 0.05) is 0 Å². The van der Waals surface area contributed by atoms with Crippen LogP contribution in [0.15, 0.2) is 24.3 Å². The molecule has 88 valence electrons. The number of hydrogen-bond donors (Lipinski definition) is 0. The number of aryl methyl sites for hydroxylation is 1. The summed E-state index contributed by atoms with van der Waals surface area (Å²) >= 11 is 0. The summed E-state index contributed by atoms with van der Waals surface area (Å²) in [7, 11) is 0. The molecule has 1 aromatic carbocycles. The van der Waals surface area contributed by atoms with Crippen molar-refractivity contribution in [2.75, 3.05) is 0 Å². The van der Waals surface area contributed by atoms with Gasteiger partial charge in [0.25, 0.3) is 0 Å². The van der Waals surface area contributed by atoms with Gasteiger partial charge in [-0.1, -0.05) is 56.0 Å². The monoisotopic (exact) mass is 216 g/mol. The molecule has 0 nitrogen and oxygen atoms in total. The minimum atomic E-state index is 0.950. The molecule has 2 rings (SSSR count). The first-order valence-corrected chi connectivity index (χ1v) is 6.83. The molecule has 0 radical (unpaired) electrons. The summed E-state index contributed by atoms with van der Waals surface area (Å²) in [5.41, 5.74) is 2.91. The maximum Gasteiger partial charge on any atom is -0.0250 e. The van der Waals surface area contributed by atoms with Gasteiger partial charge in [-0.15, -0.1) is 0 Å². The predicted molar refractivity (Wildman–Crippen MR) is 70.6 cm³/mol. The van der Waals surface area contributed by atoms with Gasteiger partial charge >= 0.3 is 0 Å². The zero-order valence-corrected chi connectivity index (χ0v) is 10.7. The van der Waals surface area contributed by atoms with Crippen LogP contribution in [0.2, 0.25) is 0 Å². The Morgan fingerprint density at radius 1 is 0.938 bits per heavy atom. The Kier molecular flexibility index (Phi) is 4.04. The zero-order chi connectivity index (χ0) is 11.4. The first kappa shape index (κ1) is 11.7. The lowest BCUT2D eigenvalue weighted by Gasteiger charge is -2.27. The molecule has 0 aliphatic heterocycles. The molecule has 0 atom stereocenters. The Morgan fingerprint density at radius 2 is 1.50 bits per heavy atom. The summed E-state index contributed by atoms with van der Waals surface area (Å²) in [6, 6.07) is 9.10. The summed E-state index contributed by atoms with van der Waals surface area (Å²) in [4.78, 5) is 0. The number of rotatable bonds is 3. The number of benzene rings is 1. The summed E-state index contributed by atoms with van der Waals surface area (Å²) in [5, 5.41) is 0. The molecule has 0 bridgehead atoms. The predicted octanol–water partition coefficient (Wildman–Crippen LogP) is 4.75. The standard InChI is InChI=1S/C16H24/c1-3-14-8-10-16(11-9-14)12-15-6-4-13(2)5-7-15/h4-7,14,16H,3,8-12H2,1-2H3. The third-order valence-corrected chi connectivity index (χ3v) is 4.19. The maximum atomic E-state index is 2.34. The average molecular weight is 216 g/mol. The van der Waals surface area contributed by atoms with Crippen LogP contribution in [0.3, 0.4) is 0 Å². The summed E-state index contributed by atoms with van der Waals surface area (Å²) in [6.45, 7) is 4.50. The van der Waals surface area contributed by atoms with Gasteiger partial charge in [0.2, 0.25) is 0 Å². The van der Waals surface area contributed by atoms with E-state index < -0.39 is 0 Å². The summed E-state index contributed by atoms with van der Waals surface area (Å²) in [5.74, 6) is 1.97. The first-order valence-electron chi connectivity index (χ1n) is 6.83. The fourth-order valence-corrected chi connectivity index (χ4v) is 2.90. The second-order valence-electron chi connectivity index (χ2n) is 5.48. The Labute approximate surface area is 100 Å². The van der Waals surface area contributed by atoms with Gasteiger partial charge in [0.05, 0.1) is 0 Å². The molecule has 1 fully saturated rings. The lowest BCUT2D eigenvalue weighted by atomic mass is 9.78. The fraction of sp³-hybridized carbons (Fsp3) is 0.625. The minimum Gasteiger partial charge on any atom is -0.0651 e. The molecular formula is C16H24. The van der Waals surface area contributed by atoms with Gasteiger partial charge in [-0.25, -0.2) is 0 Å². The van der Waals surface area contributed by atoms with Gasteiger partial charge in [-0.05, 0) is 43.6 Å². The highest BCUT2D eigenvalue weighted by atomic mass is 14.2. The normalized spacial score (nSPS) is 25.6. The molecule has 1 saturated carbocycles.